The van der Waals surface area contributed by atoms with Crippen molar-refractivity contribution in [2.45, 2.75) is 168 Å². The quantitative estimate of drug-likeness (QED) is 0.0599. The fraction of sp³-hybridized carbons (Fsp3) is 0.424. The van der Waals surface area contributed by atoms with E-state index in [-0.39, 0.29) is 15.1 Å². The third-order valence-electron chi connectivity index (χ3n) is 16.2. The molecule has 0 radical (unpaired) electrons. The summed E-state index contributed by atoms with van der Waals surface area (Å²) in [6, 6.07) is 67.1. The zero-order chi connectivity index (χ0) is 53.1. The minimum atomic E-state index is -3.42. The van der Waals surface area contributed by atoms with E-state index in [9.17, 15) is 0 Å². The standard InChI is InChI=1S/C54H63O4Si3.3C4H9.Sn/c1-52(2,3)59(43-28-16-10-17-29-43,44-30-18-11-19-31-44)56-42-50-51(58-61(54(7,8)9,47-36-24-14-25-37-47)48-38-26-15-27-39-48)49(40-41-55-50)57-60(53(4,5)6,45-32-20-12-21-33-45)46-34-22-13-23-35-46;3*1-3-4-2;/h10-40,49-51H,42H2,1-9H3;3*1,3-4H2,2H3;/t49-,50-,51-;;;;/m1..../s1. The van der Waals surface area contributed by atoms with Gasteiger partial charge in [0.2, 0.25) is 0 Å². The predicted molar refractivity (Wildman–Crippen MR) is 326 cm³/mol. The van der Waals surface area contributed by atoms with Gasteiger partial charge in [-0.3, -0.25) is 0 Å². The topological polar surface area (TPSA) is 36.9 Å². The van der Waals surface area contributed by atoms with Gasteiger partial charge in [0.15, 0.2) is 0 Å². The summed E-state index contributed by atoms with van der Waals surface area (Å²) in [5.41, 5.74) is 0. The van der Waals surface area contributed by atoms with Gasteiger partial charge in [-0.25, -0.2) is 0 Å². The monoisotopic (exact) mass is 1150 g/mol. The summed E-state index contributed by atoms with van der Waals surface area (Å²) in [5, 5.41) is 6.71. The molecule has 1 heterocycles. The summed E-state index contributed by atoms with van der Waals surface area (Å²) < 4.78 is 38.8. The van der Waals surface area contributed by atoms with Crippen LogP contribution in [0.2, 0.25) is 28.4 Å². The molecular weight excluding hydrogens is 1060 g/mol. The van der Waals surface area contributed by atoms with E-state index < -0.39 is 61.6 Å². The van der Waals surface area contributed by atoms with Crippen LogP contribution in [0.1, 0.15) is 122 Å². The third kappa shape index (κ3) is 12.0. The van der Waals surface area contributed by atoms with Crippen LogP contribution in [-0.4, -0.2) is 68.2 Å². The molecule has 1 aliphatic rings. The first-order valence-electron chi connectivity index (χ1n) is 28.2. The van der Waals surface area contributed by atoms with Crippen molar-refractivity contribution in [2.75, 3.05) is 6.61 Å². The van der Waals surface area contributed by atoms with Gasteiger partial charge < -0.3 is 0 Å². The van der Waals surface area contributed by atoms with Gasteiger partial charge in [-0.15, -0.1) is 0 Å². The zero-order valence-corrected chi connectivity index (χ0v) is 53.2. The van der Waals surface area contributed by atoms with Crippen molar-refractivity contribution in [3.8, 4) is 0 Å². The normalized spacial score (nSPS) is 17.1. The molecule has 0 aromatic heterocycles. The molecule has 0 amide bonds. The predicted octanol–water partition coefficient (Wildman–Crippen LogP) is 14.1. The van der Waals surface area contributed by atoms with Crippen LogP contribution in [-0.2, 0) is 18.0 Å². The van der Waals surface area contributed by atoms with Crippen molar-refractivity contribution >= 4 is 74.4 Å². The summed E-state index contributed by atoms with van der Waals surface area (Å²) in [6.07, 6.45) is 8.25. The van der Waals surface area contributed by atoms with Gasteiger partial charge in [0.1, 0.15) is 0 Å². The van der Waals surface area contributed by atoms with Gasteiger partial charge >= 0.3 is 459 Å². The average molecular weight is 1150 g/mol. The van der Waals surface area contributed by atoms with Crippen LogP contribution in [0.25, 0.3) is 0 Å². The summed E-state index contributed by atoms with van der Waals surface area (Å²) in [4.78, 5) is 0. The molecule has 0 saturated carbocycles. The Labute approximate surface area is 456 Å². The molecule has 4 nitrogen and oxygen atoms in total. The molecule has 7 rings (SSSR count). The zero-order valence-electron chi connectivity index (χ0n) is 47.3. The summed E-state index contributed by atoms with van der Waals surface area (Å²) in [5.74, 6) is 0. The van der Waals surface area contributed by atoms with Gasteiger partial charge in [0.25, 0.3) is 0 Å². The van der Waals surface area contributed by atoms with Crippen LogP contribution in [0.15, 0.2) is 192 Å². The Kier molecular flexibility index (Phi) is 19.6. The van der Waals surface area contributed by atoms with Crippen LogP contribution in [0, 0.1) is 0 Å². The van der Waals surface area contributed by atoms with E-state index in [0.717, 1.165) is 0 Å². The molecule has 74 heavy (non-hydrogen) atoms. The molecule has 0 aliphatic carbocycles. The van der Waals surface area contributed by atoms with Crippen molar-refractivity contribution in [3.63, 3.8) is 0 Å². The molecule has 0 saturated heterocycles. The Morgan fingerprint density at radius 2 is 0.689 bits per heavy atom. The second-order valence-electron chi connectivity index (χ2n) is 24.2. The molecule has 0 spiro atoms. The molecule has 0 bridgehead atoms. The van der Waals surface area contributed by atoms with Crippen molar-refractivity contribution < 1.29 is 18.0 Å². The van der Waals surface area contributed by atoms with Crippen LogP contribution in [0.5, 0.6) is 0 Å². The fourth-order valence-electron chi connectivity index (χ4n) is 12.4. The summed E-state index contributed by atoms with van der Waals surface area (Å²) >= 11 is -3.42. The Bertz CT molecular complexity index is 2490. The molecule has 6 aromatic rings. The van der Waals surface area contributed by atoms with Gasteiger partial charge in [0, 0.05) is 0 Å². The molecule has 3 atom stereocenters. The second kappa shape index (κ2) is 25.1. The van der Waals surface area contributed by atoms with E-state index in [1.165, 1.54) is 86.7 Å². The van der Waals surface area contributed by atoms with E-state index >= 15 is 0 Å². The Hall–Kier alpha value is -3.81. The van der Waals surface area contributed by atoms with Gasteiger partial charge in [0.05, 0.1) is 0 Å². The number of hydrogen-bond donors (Lipinski definition) is 0. The van der Waals surface area contributed by atoms with Gasteiger partial charge in [-0.2, -0.15) is 0 Å². The van der Waals surface area contributed by atoms with Crippen LogP contribution >= 0.6 is 0 Å². The average Bonchev–Trinajstić information content (AvgIpc) is 3.40. The van der Waals surface area contributed by atoms with E-state index in [1.54, 1.807) is 0 Å². The van der Waals surface area contributed by atoms with E-state index in [0.29, 0.717) is 6.61 Å². The molecule has 394 valence electrons. The van der Waals surface area contributed by atoms with E-state index in [1.807, 2.05) is 0 Å². The number of hydrogen-bond acceptors (Lipinski definition) is 4. The van der Waals surface area contributed by atoms with E-state index in [4.69, 9.17) is 18.0 Å². The van der Waals surface area contributed by atoms with Gasteiger partial charge in [-0.05, 0) is 0 Å². The van der Waals surface area contributed by atoms with Crippen LogP contribution < -0.4 is 31.1 Å². The number of benzene rings is 6. The first-order valence-corrected chi connectivity index (χ1v) is 41.4. The Morgan fingerprint density at radius 1 is 0.405 bits per heavy atom. The maximum atomic E-state index is 8.67. The van der Waals surface area contributed by atoms with Crippen molar-refractivity contribution in [1.29, 1.82) is 0 Å². The summed E-state index contributed by atoms with van der Waals surface area (Å²) in [7, 11) is -9.57. The third-order valence-corrected chi connectivity index (χ3v) is 46.3. The second-order valence-corrected chi connectivity index (χ2v) is 50.1. The van der Waals surface area contributed by atoms with Crippen molar-refractivity contribution in [3.05, 3.63) is 192 Å². The van der Waals surface area contributed by atoms with E-state index in [2.05, 4.69) is 271 Å². The molecular formula is C66H90O4Si3Sn. The molecule has 8 heteroatoms. The molecule has 0 fully saturated rings. The van der Waals surface area contributed by atoms with Gasteiger partial charge in [-0.1, -0.05) is 0 Å². The maximum absolute atomic E-state index is 8.67. The SMILES string of the molecule is CCC[CH2][Sn]([CH2]CCC)([CH2]CCC)[C]1=C[C@@H](O[Si](c2ccccc2)(c2ccccc2)C(C)(C)C)[C@@H](O[Si](c2ccccc2)(c2ccccc2)C(C)(C)C)[C@@H](CO[Si](c2ccccc2)(c2ccccc2)C(C)(C)C)O1. The molecule has 1 aliphatic heterocycles. The summed E-state index contributed by atoms with van der Waals surface area (Å²) in [6.45, 7) is 29.1. The minimum absolute atomic E-state index is 0.241. The first kappa shape index (κ1) is 57.9. The molecule has 0 unspecified atom stereocenters. The van der Waals surface area contributed by atoms with Crippen molar-refractivity contribution in [2.24, 2.45) is 0 Å². The number of ether oxygens (including phenoxy) is 1. The Morgan fingerprint density at radius 3 is 0.973 bits per heavy atom. The van der Waals surface area contributed by atoms with Crippen molar-refractivity contribution in [1.82, 2.24) is 0 Å². The fourth-order valence-corrected chi connectivity index (χ4v) is 42.0. The molecule has 6 aromatic carbocycles. The first-order chi connectivity index (χ1) is 35.4. The van der Waals surface area contributed by atoms with Crippen LogP contribution in [0.4, 0.5) is 0 Å². The number of rotatable bonds is 23. The Balaban J connectivity index is 1.60. The number of unbranched alkanes of at least 4 members (excludes halogenated alkanes) is 3. The molecule has 0 N–H and O–H groups in total. The van der Waals surface area contributed by atoms with Crippen LogP contribution in [0.3, 0.4) is 0 Å².